The number of amides is 1. The van der Waals surface area contributed by atoms with Gasteiger partial charge in [0, 0.05) is 17.7 Å². The van der Waals surface area contributed by atoms with Crippen LogP contribution in [0.25, 0.3) is 0 Å². The van der Waals surface area contributed by atoms with E-state index < -0.39 is 5.97 Å². The van der Waals surface area contributed by atoms with Crippen molar-refractivity contribution in [2.24, 2.45) is 11.3 Å². The molecule has 1 aromatic rings. The van der Waals surface area contributed by atoms with Crippen LogP contribution in [0.1, 0.15) is 62.5 Å². The van der Waals surface area contributed by atoms with Crippen LogP contribution in [0, 0.1) is 18.3 Å². The van der Waals surface area contributed by atoms with Crippen molar-refractivity contribution in [1.82, 2.24) is 0 Å². The van der Waals surface area contributed by atoms with Crippen molar-refractivity contribution < 1.29 is 24.2 Å². The van der Waals surface area contributed by atoms with Crippen molar-refractivity contribution in [2.45, 2.75) is 66.2 Å². The smallest absolute Gasteiger partial charge is 0.303 e. The van der Waals surface area contributed by atoms with Crippen LogP contribution in [0.5, 0.6) is 0 Å². The van der Waals surface area contributed by atoms with E-state index in [0.717, 1.165) is 17.8 Å². The summed E-state index contributed by atoms with van der Waals surface area (Å²) in [5.41, 5.74) is 2.93. The van der Waals surface area contributed by atoms with Gasteiger partial charge >= 0.3 is 5.97 Å². The monoisotopic (exact) mass is 397 g/mol. The second-order valence-corrected chi connectivity index (χ2v) is 9.00. The zero-order chi connectivity index (χ0) is 20.6. The lowest BCUT2D eigenvalue weighted by atomic mass is 9.72. The SMILES string of the molecule is COC=O.Cc1c(NC(=O)CCCC(=O)O)sc2c1CCC(C(C)(C)C)C2. The summed E-state index contributed by atoms with van der Waals surface area (Å²) in [7, 11) is 1.31. The van der Waals surface area contributed by atoms with Gasteiger partial charge in [-0.1, -0.05) is 20.8 Å². The van der Waals surface area contributed by atoms with E-state index in [1.807, 2.05) is 0 Å². The van der Waals surface area contributed by atoms with Gasteiger partial charge in [0.2, 0.25) is 5.91 Å². The number of carboxylic acids is 1. The second kappa shape index (κ2) is 10.4. The molecule has 6 nitrogen and oxygen atoms in total. The minimum atomic E-state index is -0.853. The molecule has 27 heavy (non-hydrogen) atoms. The third-order valence-electron chi connectivity index (χ3n) is 4.90. The number of anilines is 1. The number of carboxylic acid groups (broad SMARTS) is 1. The minimum absolute atomic E-state index is 0.0423. The van der Waals surface area contributed by atoms with E-state index in [0.29, 0.717) is 24.2 Å². The van der Waals surface area contributed by atoms with Crippen molar-refractivity contribution >= 4 is 34.7 Å². The van der Waals surface area contributed by atoms with Gasteiger partial charge in [0.25, 0.3) is 6.47 Å². The lowest BCUT2D eigenvalue weighted by Crippen LogP contribution is -2.26. The van der Waals surface area contributed by atoms with Crippen molar-refractivity contribution in [2.75, 3.05) is 12.4 Å². The molecule has 0 saturated heterocycles. The second-order valence-electron chi connectivity index (χ2n) is 7.89. The zero-order valence-electron chi connectivity index (χ0n) is 16.9. The number of hydrogen-bond acceptors (Lipinski definition) is 5. The zero-order valence-corrected chi connectivity index (χ0v) is 17.7. The van der Waals surface area contributed by atoms with Crippen LogP contribution in [-0.2, 0) is 32.0 Å². The molecule has 1 amide bonds. The van der Waals surface area contributed by atoms with Gasteiger partial charge in [-0.05, 0) is 55.1 Å². The van der Waals surface area contributed by atoms with E-state index in [1.54, 1.807) is 11.3 Å². The van der Waals surface area contributed by atoms with Crippen LogP contribution < -0.4 is 5.32 Å². The van der Waals surface area contributed by atoms with E-state index in [1.165, 1.54) is 29.5 Å². The van der Waals surface area contributed by atoms with Crippen LogP contribution in [0.15, 0.2) is 0 Å². The number of aliphatic carboxylic acids is 1. The van der Waals surface area contributed by atoms with Gasteiger partial charge in [-0.15, -0.1) is 11.3 Å². The largest absolute Gasteiger partial charge is 0.481 e. The fraction of sp³-hybridized carbons (Fsp3) is 0.650. The Labute approximate surface area is 165 Å². The maximum Gasteiger partial charge on any atom is 0.303 e. The van der Waals surface area contributed by atoms with Crippen LogP contribution in [-0.4, -0.2) is 30.6 Å². The van der Waals surface area contributed by atoms with Gasteiger partial charge in [-0.3, -0.25) is 14.4 Å². The normalized spacial score (nSPS) is 15.8. The van der Waals surface area contributed by atoms with E-state index in [4.69, 9.17) is 9.90 Å². The summed E-state index contributed by atoms with van der Waals surface area (Å²) in [6, 6.07) is 0. The van der Waals surface area contributed by atoms with E-state index in [9.17, 15) is 9.59 Å². The Balaban J connectivity index is 0.000000828. The molecule has 0 bridgehead atoms. The highest BCUT2D eigenvalue weighted by molar-refractivity contribution is 7.16. The lowest BCUT2D eigenvalue weighted by molar-refractivity contribution is -0.137. The van der Waals surface area contributed by atoms with Gasteiger partial charge in [-0.2, -0.15) is 0 Å². The molecule has 0 spiro atoms. The lowest BCUT2D eigenvalue weighted by Gasteiger charge is -2.33. The highest BCUT2D eigenvalue weighted by Gasteiger charge is 2.31. The molecule has 2 rings (SSSR count). The summed E-state index contributed by atoms with van der Waals surface area (Å²) in [5.74, 6) is -0.249. The number of thiophene rings is 1. The van der Waals surface area contributed by atoms with Gasteiger partial charge in [0.05, 0.1) is 12.1 Å². The third kappa shape index (κ3) is 7.33. The van der Waals surface area contributed by atoms with Crippen LogP contribution in [0.2, 0.25) is 0 Å². The molecular formula is C20H31NO5S. The predicted octanol–water partition coefficient (Wildman–Crippen LogP) is 4.19. The molecule has 0 radical (unpaired) electrons. The first-order chi connectivity index (χ1) is 12.6. The molecule has 1 atom stereocenters. The van der Waals surface area contributed by atoms with Crippen LogP contribution in [0.3, 0.4) is 0 Å². The predicted molar refractivity (Wildman–Crippen MR) is 107 cm³/mol. The summed E-state index contributed by atoms with van der Waals surface area (Å²) < 4.78 is 3.86. The van der Waals surface area contributed by atoms with E-state index in [-0.39, 0.29) is 18.7 Å². The molecule has 152 valence electrons. The Morgan fingerprint density at radius 1 is 1.33 bits per heavy atom. The van der Waals surface area contributed by atoms with Crippen LogP contribution >= 0.6 is 11.3 Å². The first-order valence-electron chi connectivity index (χ1n) is 9.19. The molecule has 1 aliphatic rings. The van der Waals surface area contributed by atoms with Gasteiger partial charge in [-0.25, -0.2) is 0 Å². The summed E-state index contributed by atoms with van der Waals surface area (Å²) in [5, 5.41) is 12.6. The molecule has 1 aliphatic carbocycles. The molecule has 0 aliphatic heterocycles. The number of carbonyl (C=O) groups is 3. The Morgan fingerprint density at radius 3 is 2.48 bits per heavy atom. The minimum Gasteiger partial charge on any atom is -0.481 e. The van der Waals surface area contributed by atoms with E-state index in [2.05, 4.69) is 37.7 Å². The molecular weight excluding hydrogens is 366 g/mol. The fourth-order valence-electron chi connectivity index (χ4n) is 3.19. The van der Waals surface area contributed by atoms with Gasteiger partial charge < -0.3 is 15.2 Å². The number of rotatable bonds is 6. The standard InChI is InChI=1S/C18H27NO3S.C2H4O2/c1-11-13-9-8-12(18(2,3)4)10-14(13)23-17(11)19-15(20)6-5-7-16(21)22;1-4-2-3/h12H,5-10H2,1-4H3,(H,19,20)(H,21,22);2H,1H3. The van der Waals surface area contributed by atoms with Crippen molar-refractivity contribution in [1.29, 1.82) is 0 Å². The maximum atomic E-state index is 12.0. The van der Waals surface area contributed by atoms with Gasteiger partial charge in [0.15, 0.2) is 0 Å². The molecule has 1 heterocycles. The Bertz CT molecular complexity index is 660. The average molecular weight is 398 g/mol. The first-order valence-corrected chi connectivity index (χ1v) is 10.0. The molecule has 0 fully saturated rings. The molecule has 2 N–H and O–H groups in total. The number of fused-ring (bicyclic) bond motifs is 1. The molecule has 0 aromatic carbocycles. The fourth-order valence-corrected chi connectivity index (χ4v) is 4.54. The number of carbonyl (C=O) groups excluding carboxylic acids is 2. The van der Waals surface area contributed by atoms with Crippen molar-refractivity contribution in [3.8, 4) is 0 Å². The number of hydrogen-bond donors (Lipinski definition) is 2. The van der Waals surface area contributed by atoms with Gasteiger partial charge in [0.1, 0.15) is 0 Å². The number of ether oxygens (including phenoxy) is 1. The quantitative estimate of drug-likeness (QED) is 0.702. The van der Waals surface area contributed by atoms with E-state index >= 15 is 0 Å². The summed E-state index contributed by atoms with van der Waals surface area (Å²) in [4.78, 5) is 32.9. The summed E-state index contributed by atoms with van der Waals surface area (Å²) >= 11 is 1.70. The Kier molecular flexibility index (Phi) is 8.96. The Hall–Kier alpha value is -1.89. The molecule has 1 aromatic heterocycles. The highest BCUT2D eigenvalue weighted by atomic mass is 32.1. The number of nitrogens with one attached hydrogen (secondary N) is 1. The topological polar surface area (TPSA) is 92.7 Å². The average Bonchev–Trinajstić information content (AvgIpc) is 2.89. The van der Waals surface area contributed by atoms with Crippen molar-refractivity contribution in [3.63, 3.8) is 0 Å². The third-order valence-corrected chi connectivity index (χ3v) is 6.17. The van der Waals surface area contributed by atoms with Crippen molar-refractivity contribution in [3.05, 3.63) is 16.0 Å². The Morgan fingerprint density at radius 2 is 1.96 bits per heavy atom. The summed E-state index contributed by atoms with van der Waals surface area (Å²) in [6.07, 6.45) is 4.09. The number of methoxy groups -OCH3 is 1. The molecule has 1 unspecified atom stereocenters. The molecule has 0 saturated carbocycles. The highest BCUT2D eigenvalue weighted by Crippen LogP contribution is 2.43. The summed E-state index contributed by atoms with van der Waals surface area (Å²) in [6.45, 7) is 9.36. The molecule has 7 heteroatoms. The van der Waals surface area contributed by atoms with Crippen LogP contribution in [0.4, 0.5) is 5.00 Å². The first kappa shape index (κ1) is 23.1. The maximum absolute atomic E-state index is 12.0.